The van der Waals surface area contributed by atoms with E-state index in [9.17, 15) is 32.7 Å². The predicted molar refractivity (Wildman–Crippen MR) is 116 cm³/mol. The molecular weight excluding hydrogens is 455 g/mol. The lowest BCUT2D eigenvalue weighted by molar-refractivity contribution is -0.170. The van der Waals surface area contributed by atoms with E-state index in [4.69, 9.17) is 0 Å². The molecule has 2 aromatic rings. The molecule has 0 spiro atoms. The van der Waals surface area contributed by atoms with Crippen LogP contribution in [0.4, 0.5) is 13.2 Å². The van der Waals surface area contributed by atoms with Crippen LogP contribution in [-0.2, 0) is 11.3 Å². The maximum Gasteiger partial charge on any atom is 0.393 e. The number of hydrogen-bond donors (Lipinski definition) is 2. The number of amides is 2. The molecule has 0 radical (unpaired) electrons. The van der Waals surface area contributed by atoms with Crippen molar-refractivity contribution in [1.82, 2.24) is 24.4 Å². The van der Waals surface area contributed by atoms with E-state index >= 15 is 0 Å². The Bertz CT molecular complexity index is 1210. The van der Waals surface area contributed by atoms with Gasteiger partial charge >= 0.3 is 6.18 Å². The van der Waals surface area contributed by atoms with E-state index in [-0.39, 0.29) is 37.1 Å². The zero-order chi connectivity index (χ0) is 24.8. The highest BCUT2D eigenvalue weighted by Gasteiger charge is 2.44. The molecule has 1 saturated carbocycles. The van der Waals surface area contributed by atoms with Gasteiger partial charge in [0.05, 0.1) is 12.1 Å². The number of carbonyl (C=O) groups is 2. The Hall–Kier alpha value is -3.31. The van der Waals surface area contributed by atoms with Crippen molar-refractivity contribution in [2.45, 2.75) is 51.9 Å². The monoisotopic (exact) mass is 481 g/mol. The zero-order valence-corrected chi connectivity index (χ0v) is 18.8. The summed E-state index contributed by atoms with van der Waals surface area (Å²) in [6.07, 6.45) is 0.916. The zero-order valence-electron chi connectivity index (χ0n) is 18.8. The lowest BCUT2D eigenvalue weighted by Crippen LogP contribution is -2.36. The summed E-state index contributed by atoms with van der Waals surface area (Å²) in [7, 11) is 0. The third kappa shape index (κ3) is 4.66. The molecular formula is C22H26F3N5O4. The molecule has 9 nitrogen and oxygen atoms in total. The van der Waals surface area contributed by atoms with Gasteiger partial charge in [0.2, 0.25) is 11.8 Å². The van der Waals surface area contributed by atoms with Crippen LogP contribution in [0.5, 0.6) is 5.88 Å². The lowest BCUT2D eigenvalue weighted by Gasteiger charge is -2.16. The van der Waals surface area contributed by atoms with E-state index in [1.54, 1.807) is 0 Å². The SMILES string of the molecule is CC(C)Cn1c(=O)c(C(=O)NC2CC2)c(O)n2ncc(C=CC(=O)N3CCC(C(F)(F)F)C3)c12. The molecule has 2 aromatic heterocycles. The Labute approximate surface area is 192 Å². The van der Waals surface area contributed by atoms with Crippen LogP contribution in [0.15, 0.2) is 17.1 Å². The molecule has 34 heavy (non-hydrogen) atoms. The molecule has 1 aliphatic carbocycles. The van der Waals surface area contributed by atoms with Crippen molar-refractivity contribution in [3.05, 3.63) is 33.8 Å². The summed E-state index contributed by atoms with van der Waals surface area (Å²) in [6.45, 7) is 3.56. The second kappa shape index (κ2) is 8.80. The second-order valence-corrected chi connectivity index (χ2v) is 9.24. The van der Waals surface area contributed by atoms with Crippen LogP contribution in [0.2, 0.25) is 0 Å². The van der Waals surface area contributed by atoms with Crippen LogP contribution < -0.4 is 10.9 Å². The highest BCUT2D eigenvalue weighted by atomic mass is 19.4. The van der Waals surface area contributed by atoms with Gasteiger partial charge in [-0.25, -0.2) is 0 Å². The van der Waals surface area contributed by atoms with Crippen molar-refractivity contribution in [3.8, 4) is 5.88 Å². The summed E-state index contributed by atoms with van der Waals surface area (Å²) in [4.78, 5) is 39.4. The van der Waals surface area contributed by atoms with Crippen LogP contribution in [0.25, 0.3) is 11.7 Å². The summed E-state index contributed by atoms with van der Waals surface area (Å²) in [5.74, 6) is -3.43. The summed E-state index contributed by atoms with van der Waals surface area (Å²) >= 11 is 0. The van der Waals surface area contributed by atoms with Gasteiger partial charge < -0.3 is 15.3 Å². The number of fused-ring (bicyclic) bond motifs is 1. The van der Waals surface area contributed by atoms with Crippen molar-refractivity contribution < 1.29 is 27.9 Å². The normalized spacial score (nSPS) is 19.0. The van der Waals surface area contributed by atoms with Gasteiger partial charge in [-0.3, -0.25) is 19.0 Å². The smallest absolute Gasteiger partial charge is 0.393 e. The standard InChI is InChI=1S/C22H26F3N5O4/c1-12(2)10-29-19-13(3-6-16(31)28-8-7-14(11-28)22(23,24)25)9-26-30(19)21(34)17(20(29)33)18(32)27-15-4-5-15/h3,6,9,12,14-15,34H,4-5,7-8,10-11H2,1-2H3,(H,27,32). The Morgan fingerprint density at radius 1 is 1.29 bits per heavy atom. The molecule has 1 atom stereocenters. The van der Waals surface area contributed by atoms with Crippen molar-refractivity contribution in [2.75, 3.05) is 13.1 Å². The van der Waals surface area contributed by atoms with Crippen molar-refractivity contribution >= 4 is 23.5 Å². The number of nitrogens with zero attached hydrogens (tertiary/aromatic N) is 4. The first-order valence-electron chi connectivity index (χ1n) is 11.2. The van der Waals surface area contributed by atoms with E-state index in [0.29, 0.717) is 5.56 Å². The van der Waals surface area contributed by atoms with E-state index in [2.05, 4.69) is 10.4 Å². The maximum absolute atomic E-state index is 13.2. The van der Waals surface area contributed by atoms with Gasteiger partial charge in [-0.1, -0.05) is 13.8 Å². The average Bonchev–Trinajstić information content (AvgIpc) is 3.25. The maximum atomic E-state index is 13.2. The fraction of sp³-hybridized carbons (Fsp3) is 0.545. The number of nitrogens with one attached hydrogen (secondary N) is 1. The van der Waals surface area contributed by atoms with E-state index in [1.165, 1.54) is 16.8 Å². The lowest BCUT2D eigenvalue weighted by atomic mass is 10.1. The Balaban J connectivity index is 1.68. The summed E-state index contributed by atoms with van der Waals surface area (Å²) in [5, 5.41) is 17.5. The number of alkyl halides is 3. The van der Waals surface area contributed by atoms with Gasteiger partial charge in [0.15, 0.2) is 5.56 Å². The number of carbonyl (C=O) groups excluding carboxylic acids is 2. The molecule has 0 aromatic carbocycles. The summed E-state index contributed by atoms with van der Waals surface area (Å²) in [5.41, 5.74) is -0.615. The quantitative estimate of drug-likeness (QED) is 0.615. The largest absolute Gasteiger partial charge is 0.492 e. The van der Waals surface area contributed by atoms with Crippen molar-refractivity contribution in [1.29, 1.82) is 0 Å². The first kappa shape index (κ1) is 23.8. The van der Waals surface area contributed by atoms with Gasteiger partial charge in [0.25, 0.3) is 11.5 Å². The summed E-state index contributed by atoms with van der Waals surface area (Å²) < 4.78 is 41.1. The Morgan fingerprint density at radius 2 is 2.00 bits per heavy atom. The number of likely N-dealkylation sites (tertiary alicyclic amines) is 1. The molecule has 2 amide bonds. The average molecular weight is 481 g/mol. The van der Waals surface area contributed by atoms with Gasteiger partial charge in [-0.15, -0.1) is 0 Å². The minimum atomic E-state index is -4.35. The third-order valence-corrected chi connectivity index (χ3v) is 5.97. The van der Waals surface area contributed by atoms with Crippen LogP contribution in [0, 0.1) is 11.8 Å². The molecule has 0 bridgehead atoms. The van der Waals surface area contributed by atoms with Crippen molar-refractivity contribution in [3.63, 3.8) is 0 Å². The van der Waals surface area contributed by atoms with Crippen LogP contribution in [-0.4, -0.2) is 61.3 Å². The fourth-order valence-corrected chi connectivity index (χ4v) is 4.04. The second-order valence-electron chi connectivity index (χ2n) is 9.24. The number of hydrogen-bond acceptors (Lipinski definition) is 5. The highest BCUT2D eigenvalue weighted by molar-refractivity contribution is 5.97. The molecule has 12 heteroatoms. The van der Waals surface area contributed by atoms with Gasteiger partial charge in [-0.05, 0) is 31.3 Å². The number of halogens is 3. The van der Waals surface area contributed by atoms with Crippen LogP contribution >= 0.6 is 0 Å². The minimum Gasteiger partial charge on any atom is -0.492 e. The molecule has 184 valence electrons. The van der Waals surface area contributed by atoms with E-state index < -0.39 is 47.5 Å². The molecule has 1 saturated heterocycles. The first-order valence-corrected chi connectivity index (χ1v) is 11.2. The predicted octanol–water partition coefficient (Wildman–Crippen LogP) is 2.17. The third-order valence-electron chi connectivity index (χ3n) is 5.97. The Morgan fingerprint density at radius 3 is 2.59 bits per heavy atom. The van der Waals surface area contributed by atoms with Gasteiger partial charge in [-0.2, -0.15) is 22.8 Å². The number of rotatable bonds is 6. The summed E-state index contributed by atoms with van der Waals surface area (Å²) in [6, 6.07) is -0.0230. The number of aromatic hydroxyl groups is 1. The first-order chi connectivity index (χ1) is 16.0. The topological polar surface area (TPSA) is 109 Å². The minimum absolute atomic E-state index is 0.000418. The molecule has 3 heterocycles. The fourth-order valence-electron chi connectivity index (χ4n) is 4.04. The van der Waals surface area contributed by atoms with E-state index in [0.717, 1.165) is 28.3 Å². The van der Waals surface area contributed by atoms with Crippen molar-refractivity contribution in [2.24, 2.45) is 11.8 Å². The van der Waals surface area contributed by atoms with Crippen LogP contribution in [0.3, 0.4) is 0 Å². The van der Waals surface area contributed by atoms with Crippen LogP contribution in [0.1, 0.15) is 49.0 Å². The molecule has 2 fully saturated rings. The highest BCUT2D eigenvalue weighted by Crippen LogP contribution is 2.33. The molecule has 2 N–H and O–H groups in total. The van der Waals surface area contributed by atoms with E-state index in [1.807, 2.05) is 13.8 Å². The Kier molecular flexibility index (Phi) is 6.17. The van der Waals surface area contributed by atoms with Gasteiger partial charge in [0.1, 0.15) is 5.65 Å². The molecule has 4 rings (SSSR count). The number of aromatic nitrogens is 3. The molecule has 1 aliphatic heterocycles. The molecule has 1 unspecified atom stereocenters. The molecule has 2 aliphatic rings. The van der Waals surface area contributed by atoms with Gasteiger partial charge in [0, 0.05) is 37.3 Å².